The van der Waals surface area contributed by atoms with Gasteiger partial charge in [0.1, 0.15) is 17.5 Å². The fourth-order valence-corrected chi connectivity index (χ4v) is 2.04. The Morgan fingerprint density at radius 2 is 2.17 bits per heavy atom. The van der Waals surface area contributed by atoms with Crippen LogP contribution >= 0.6 is 0 Å². The Morgan fingerprint density at radius 3 is 2.78 bits per heavy atom. The number of ether oxygens (including phenoxy) is 1. The van der Waals surface area contributed by atoms with E-state index in [1.54, 1.807) is 4.68 Å². The maximum atomic E-state index is 9.23. The summed E-state index contributed by atoms with van der Waals surface area (Å²) in [6.07, 6.45) is 2.09. The number of rotatable bonds is 4. The van der Waals surface area contributed by atoms with Gasteiger partial charge in [0.15, 0.2) is 5.82 Å². The number of morpholine rings is 1. The summed E-state index contributed by atoms with van der Waals surface area (Å²) >= 11 is 0. The second kappa shape index (κ2) is 5.74. The van der Waals surface area contributed by atoms with Crippen molar-refractivity contribution in [3.05, 3.63) is 5.56 Å². The van der Waals surface area contributed by atoms with Crippen molar-refractivity contribution in [2.75, 3.05) is 36.9 Å². The molecule has 1 aromatic heterocycles. The molecule has 0 aromatic carbocycles. The lowest BCUT2D eigenvalue weighted by Crippen LogP contribution is -2.37. The first kappa shape index (κ1) is 12.7. The molecule has 98 valence electrons. The highest BCUT2D eigenvalue weighted by Crippen LogP contribution is 2.25. The van der Waals surface area contributed by atoms with E-state index >= 15 is 0 Å². The van der Waals surface area contributed by atoms with Gasteiger partial charge in [-0.25, -0.2) is 4.68 Å². The smallest absolute Gasteiger partial charge is 0.171 e. The number of nitrogens with two attached hydrogens (primary N) is 1. The van der Waals surface area contributed by atoms with Crippen LogP contribution in [0.2, 0.25) is 0 Å². The zero-order valence-corrected chi connectivity index (χ0v) is 10.7. The van der Waals surface area contributed by atoms with Crippen LogP contribution in [-0.2, 0) is 11.3 Å². The van der Waals surface area contributed by atoms with Gasteiger partial charge in [0.25, 0.3) is 0 Å². The molecule has 1 fully saturated rings. The average molecular weight is 249 g/mol. The third-order valence-corrected chi connectivity index (χ3v) is 3.12. The largest absolute Gasteiger partial charge is 0.383 e. The van der Waals surface area contributed by atoms with E-state index in [4.69, 9.17) is 10.5 Å². The molecule has 0 unspecified atom stereocenters. The summed E-state index contributed by atoms with van der Waals surface area (Å²) in [6, 6.07) is 2.17. The van der Waals surface area contributed by atoms with E-state index in [1.807, 2.05) is 0 Å². The topological polar surface area (TPSA) is 80.1 Å². The molecule has 2 rings (SSSR count). The number of hydrogen-bond acceptors (Lipinski definition) is 5. The van der Waals surface area contributed by atoms with Crippen LogP contribution in [-0.4, -0.2) is 36.1 Å². The number of anilines is 2. The highest BCUT2D eigenvalue weighted by molar-refractivity contribution is 5.65. The van der Waals surface area contributed by atoms with Gasteiger partial charge in [-0.3, -0.25) is 0 Å². The fraction of sp³-hybridized carbons (Fsp3) is 0.667. The van der Waals surface area contributed by atoms with Crippen molar-refractivity contribution in [3.8, 4) is 6.07 Å². The molecule has 0 spiro atoms. The number of nitrogen functional groups attached to an aromatic ring is 1. The lowest BCUT2D eigenvalue weighted by molar-refractivity contribution is 0.122. The molecule has 18 heavy (non-hydrogen) atoms. The van der Waals surface area contributed by atoms with Crippen molar-refractivity contribution in [3.63, 3.8) is 0 Å². The maximum Gasteiger partial charge on any atom is 0.171 e. The second-order valence-electron chi connectivity index (χ2n) is 4.37. The molecule has 6 nitrogen and oxygen atoms in total. The van der Waals surface area contributed by atoms with Gasteiger partial charge in [-0.15, -0.1) is 0 Å². The van der Waals surface area contributed by atoms with Crippen LogP contribution in [0.25, 0.3) is 0 Å². The number of nitriles is 1. The van der Waals surface area contributed by atoms with E-state index < -0.39 is 0 Å². The van der Waals surface area contributed by atoms with Gasteiger partial charge in [-0.2, -0.15) is 10.4 Å². The molecule has 0 saturated carbocycles. The molecule has 1 aromatic rings. The molecule has 2 heterocycles. The van der Waals surface area contributed by atoms with E-state index in [9.17, 15) is 5.26 Å². The van der Waals surface area contributed by atoms with Crippen LogP contribution in [0.15, 0.2) is 0 Å². The first-order chi connectivity index (χ1) is 8.77. The average Bonchev–Trinajstić information content (AvgIpc) is 2.74. The summed E-state index contributed by atoms with van der Waals surface area (Å²) < 4.78 is 7.05. The van der Waals surface area contributed by atoms with Crippen molar-refractivity contribution < 1.29 is 4.74 Å². The number of aryl methyl sites for hydroxylation is 1. The Morgan fingerprint density at radius 1 is 1.44 bits per heavy atom. The van der Waals surface area contributed by atoms with Gasteiger partial charge >= 0.3 is 0 Å². The third kappa shape index (κ3) is 2.41. The molecular formula is C12H19N5O. The zero-order valence-electron chi connectivity index (χ0n) is 10.7. The van der Waals surface area contributed by atoms with Gasteiger partial charge < -0.3 is 15.4 Å². The zero-order chi connectivity index (χ0) is 13.0. The quantitative estimate of drug-likeness (QED) is 0.860. The van der Waals surface area contributed by atoms with Crippen LogP contribution in [0.5, 0.6) is 0 Å². The van der Waals surface area contributed by atoms with Crippen LogP contribution < -0.4 is 10.6 Å². The summed E-state index contributed by atoms with van der Waals surface area (Å²) in [5, 5.41) is 13.7. The Labute approximate surface area is 107 Å². The van der Waals surface area contributed by atoms with Crippen molar-refractivity contribution in [1.29, 1.82) is 5.26 Å². The molecule has 1 saturated heterocycles. The summed E-state index contributed by atoms with van der Waals surface area (Å²) in [5.74, 6) is 1.18. The van der Waals surface area contributed by atoms with Gasteiger partial charge in [-0.05, 0) is 6.42 Å². The first-order valence-electron chi connectivity index (χ1n) is 6.37. The van der Waals surface area contributed by atoms with E-state index in [0.29, 0.717) is 30.4 Å². The third-order valence-electron chi connectivity index (χ3n) is 3.12. The van der Waals surface area contributed by atoms with Gasteiger partial charge in [0.2, 0.25) is 0 Å². The lowest BCUT2D eigenvalue weighted by Gasteiger charge is -2.26. The summed E-state index contributed by atoms with van der Waals surface area (Å²) in [4.78, 5) is 2.07. The van der Waals surface area contributed by atoms with Crippen LogP contribution in [0.4, 0.5) is 11.6 Å². The minimum Gasteiger partial charge on any atom is -0.383 e. The summed E-state index contributed by atoms with van der Waals surface area (Å²) in [6.45, 7) is 5.76. The van der Waals surface area contributed by atoms with E-state index in [0.717, 1.165) is 32.5 Å². The number of unbranched alkanes of at least 4 members (excludes halogenated alkanes) is 1. The molecule has 6 heteroatoms. The molecular weight excluding hydrogens is 230 g/mol. The molecule has 0 atom stereocenters. The lowest BCUT2D eigenvalue weighted by atomic mass is 10.3. The minimum atomic E-state index is 0.479. The van der Waals surface area contributed by atoms with E-state index in [-0.39, 0.29) is 0 Å². The van der Waals surface area contributed by atoms with Crippen LogP contribution in [0.3, 0.4) is 0 Å². The SMILES string of the molecule is CCCCn1nc(N2CCOCC2)c(C#N)c1N. The minimum absolute atomic E-state index is 0.479. The second-order valence-corrected chi connectivity index (χ2v) is 4.37. The molecule has 0 radical (unpaired) electrons. The fourth-order valence-electron chi connectivity index (χ4n) is 2.04. The normalized spacial score (nSPS) is 15.7. The predicted molar refractivity (Wildman–Crippen MR) is 69.3 cm³/mol. The summed E-state index contributed by atoms with van der Waals surface area (Å²) in [5.41, 5.74) is 6.48. The van der Waals surface area contributed by atoms with Crippen molar-refractivity contribution >= 4 is 11.6 Å². The highest BCUT2D eigenvalue weighted by Gasteiger charge is 2.22. The number of hydrogen-bond donors (Lipinski definition) is 1. The Bertz CT molecular complexity index is 442. The van der Waals surface area contributed by atoms with Gasteiger partial charge in [-0.1, -0.05) is 13.3 Å². The maximum absolute atomic E-state index is 9.23. The molecule has 1 aliphatic rings. The van der Waals surface area contributed by atoms with Crippen molar-refractivity contribution in [1.82, 2.24) is 9.78 Å². The standard InChI is InChI=1S/C12H19N5O/c1-2-3-4-17-11(14)10(9-13)12(15-17)16-5-7-18-8-6-16/h2-8,14H2,1H3. The highest BCUT2D eigenvalue weighted by atomic mass is 16.5. The van der Waals surface area contributed by atoms with Crippen LogP contribution in [0.1, 0.15) is 25.3 Å². The Hall–Kier alpha value is -1.74. The molecule has 0 bridgehead atoms. The number of aromatic nitrogens is 2. The van der Waals surface area contributed by atoms with Crippen molar-refractivity contribution in [2.24, 2.45) is 0 Å². The Kier molecular flexibility index (Phi) is 4.05. The molecule has 1 aliphatic heterocycles. The van der Waals surface area contributed by atoms with E-state index in [1.165, 1.54) is 0 Å². The first-order valence-corrected chi connectivity index (χ1v) is 6.37. The van der Waals surface area contributed by atoms with Gasteiger partial charge in [0, 0.05) is 19.6 Å². The molecule has 2 N–H and O–H groups in total. The monoisotopic (exact) mass is 249 g/mol. The molecule has 0 aliphatic carbocycles. The van der Waals surface area contributed by atoms with Crippen LogP contribution in [0, 0.1) is 11.3 Å². The molecule has 0 amide bonds. The predicted octanol–water partition coefficient (Wildman–Crippen LogP) is 0.974. The van der Waals surface area contributed by atoms with E-state index in [2.05, 4.69) is 23.0 Å². The number of nitrogens with zero attached hydrogens (tertiary/aromatic N) is 4. The van der Waals surface area contributed by atoms with Crippen molar-refractivity contribution in [2.45, 2.75) is 26.3 Å². The summed E-state index contributed by atoms with van der Waals surface area (Å²) in [7, 11) is 0. The van der Waals surface area contributed by atoms with Gasteiger partial charge in [0.05, 0.1) is 13.2 Å². The Balaban J connectivity index is 2.25.